The molecular weight excluding hydrogens is 313 g/mol. The van der Waals surface area contributed by atoms with E-state index in [9.17, 15) is 17.9 Å². The maximum Gasteiger partial charge on any atom is 0.262 e. The molecule has 0 spiro atoms. The molecule has 118 valence electrons. The van der Waals surface area contributed by atoms with E-state index >= 15 is 0 Å². The number of hydrogen-bond acceptors (Lipinski definition) is 5. The van der Waals surface area contributed by atoms with Crippen molar-refractivity contribution in [2.45, 2.75) is 4.90 Å². The van der Waals surface area contributed by atoms with E-state index in [-0.39, 0.29) is 10.6 Å². The number of phenolic OH excluding ortho intramolecular Hbond substituents is 1. The molecule has 0 radical (unpaired) electrons. The van der Waals surface area contributed by atoms with Crippen molar-refractivity contribution in [1.29, 1.82) is 0 Å². The van der Waals surface area contributed by atoms with Crippen LogP contribution in [0, 0.1) is 5.82 Å². The number of methoxy groups -OCH3 is 2. The minimum Gasteiger partial charge on any atom is -0.506 e. The summed E-state index contributed by atoms with van der Waals surface area (Å²) in [4.78, 5) is -0.159. The van der Waals surface area contributed by atoms with Crippen molar-refractivity contribution in [2.75, 3.05) is 18.9 Å². The molecule has 22 heavy (non-hydrogen) atoms. The molecule has 0 bridgehead atoms. The Morgan fingerprint density at radius 1 is 1.09 bits per heavy atom. The maximum atomic E-state index is 13.6. The fourth-order valence-corrected chi connectivity index (χ4v) is 2.89. The van der Waals surface area contributed by atoms with Crippen molar-refractivity contribution < 1.29 is 27.4 Å². The maximum absolute atomic E-state index is 13.6. The lowest BCUT2D eigenvalue weighted by molar-refractivity contribution is 0.354. The summed E-state index contributed by atoms with van der Waals surface area (Å²) < 4.78 is 50.3. The lowest BCUT2D eigenvalue weighted by Crippen LogP contribution is -2.14. The number of phenols is 1. The van der Waals surface area contributed by atoms with Crippen LogP contribution in [0.1, 0.15) is 0 Å². The minimum absolute atomic E-state index is 0.159. The second kappa shape index (κ2) is 6.10. The van der Waals surface area contributed by atoms with E-state index < -0.39 is 27.3 Å². The average Bonchev–Trinajstić information content (AvgIpc) is 2.50. The Balaban J connectivity index is 2.43. The zero-order chi connectivity index (χ0) is 16.3. The van der Waals surface area contributed by atoms with Crippen LogP contribution in [-0.2, 0) is 10.0 Å². The first kappa shape index (κ1) is 15.9. The molecule has 0 saturated heterocycles. The molecule has 0 fully saturated rings. The van der Waals surface area contributed by atoms with Gasteiger partial charge in [-0.15, -0.1) is 0 Å². The van der Waals surface area contributed by atoms with Crippen molar-refractivity contribution in [1.82, 2.24) is 0 Å². The Morgan fingerprint density at radius 3 is 2.36 bits per heavy atom. The van der Waals surface area contributed by atoms with Gasteiger partial charge in [0.25, 0.3) is 10.0 Å². The molecule has 0 aliphatic heterocycles. The Hall–Kier alpha value is -2.48. The van der Waals surface area contributed by atoms with E-state index in [1.54, 1.807) is 0 Å². The predicted molar refractivity (Wildman–Crippen MR) is 78.4 cm³/mol. The third-order valence-corrected chi connectivity index (χ3v) is 4.24. The third-order valence-electron chi connectivity index (χ3n) is 2.89. The van der Waals surface area contributed by atoms with E-state index in [4.69, 9.17) is 9.47 Å². The standard InChI is InChI=1S/C14H14FNO5S/c1-20-12-7-6-9(8-13(12)21-2)22(18,19)16-14-10(15)4-3-5-11(14)17/h3-8,16-17H,1-2H3. The highest BCUT2D eigenvalue weighted by Crippen LogP contribution is 2.32. The number of sulfonamides is 1. The molecule has 2 aromatic rings. The van der Waals surface area contributed by atoms with E-state index in [2.05, 4.69) is 0 Å². The number of nitrogens with one attached hydrogen (secondary N) is 1. The number of para-hydroxylation sites is 1. The average molecular weight is 327 g/mol. The summed E-state index contributed by atoms with van der Waals surface area (Å²) in [6.07, 6.45) is 0. The number of rotatable bonds is 5. The summed E-state index contributed by atoms with van der Waals surface area (Å²) in [5, 5.41) is 9.57. The Bertz CT molecular complexity index is 772. The van der Waals surface area contributed by atoms with Crippen LogP contribution in [0.5, 0.6) is 17.2 Å². The highest BCUT2D eigenvalue weighted by Gasteiger charge is 2.20. The summed E-state index contributed by atoms with van der Waals surface area (Å²) in [6.45, 7) is 0. The molecule has 2 N–H and O–H groups in total. The highest BCUT2D eigenvalue weighted by atomic mass is 32.2. The molecular formula is C14H14FNO5S. The van der Waals surface area contributed by atoms with Crippen LogP contribution in [0.4, 0.5) is 10.1 Å². The normalized spacial score (nSPS) is 11.0. The number of benzene rings is 2. The van der Waals surface area contributed by atoms with Gasteiger partial charge in [0.2, 0.25) is 0 Å². The van der Waals surface area contributed by atoms with E-state index in [1.165, 1.54) is 44.6 Å². The topological polar surface area (TPSA) is 84.9 Å². The molecule has 0 aliphatic carbocycles. The van der Waals surface area contributed by atoms with Gasteiger partial charge in [-0.05, 0) is 24.3 Å². The third kappa shape index (κ3) is 3.06. The van der Waals surface area contributed by atoms with Gasteiger partial charge in [0.15, 0.2) is 17.3 Å². The van der Waals surface area contributed by atoms with Gasteiger partial charge in [0, 0.05) is 6.07 Å². The molecule has 2 rings (SSSR count). The highest BCUT2D eigenvalue weighted by molar-refractivity contribution is 7.92. The van der Waals surface area contributed by atoms with Gasteiger partial charge >= 0.3 is 0 Å². The smallest absolute Gasteiger partial charge is 0.262 e. The molecule has 0 unspecified atom stereocenters. The number of aromatic hydroxyl groups is 1. The number of anilines is 1. The summed E-state index contributed by atoms with van der Waals surface area (Å²) in [5.74, 6) is -0.827. The first-order valence-corrected chi connectivity index (χ1v) is 7.59. The van der Waals surface area contributed by atoms with Gasteiger partial charge in [-0.2, -0.15) is 0 Å². The molecule has 0 saturated carbocycles. The van der Waals surface area contributed by atoms with Crippen LogP contribution in [-0.4, -0.2) is 27.7 Å². The lowest BCUT2D eigenvalue weighted by atomic mass is 10.3. The second-order valence-corrected chi connectivity index (χ2v) is 5.94. The zero-order valence-corrected chi connectivity index (χ0v) is 12.6. The van der Waals surface area contributed by atoms with E-state index in [0.29, 0.717) is 5.75 Å². The molecule has 6 nitrogen and oxygen atoms in total. The van der Waals surface area contributed by atoms with Gasteiger partial charge in [-0.3, -0.25) is 4.72 Å². The van der Waals surface area contributed by atoms with E-state index in [1.807, 2.05) is 4.72 Å². The summed E-state index contributed by atoms with van der Waals surface area (Å²) in [6, 6.07) is 7.40. The first-order valence-electron chi connectivity index (χ1n) is 6.11. The van der Waals surface area contributed by atoms with Crippen LogP contribution in [0.3, 0.4) is 0 Å². The van der Waals surface area contributed by atoms with Gasteiger partial charge in [-0.25, -0.2) is 12.8 Å². The van der Waals surface area contributed by atoms with Crippen LogP contribution < -0.4 is 14.2 Å². The van der Waals surface area contributed by atoms with Gasteiger partial charge < -0.3 is 14.6 Å². The van der Waals surface area contributed by atoms with Crippen LogP contribution in [0.15, 0.2) is 41.3 Å². The molecule has 0 aliphatic rings. The zero-order valence-electron chi connectivity index (χ0n) is 11.8. The molecule has 0 aromatic heterocycles. The van der Waals surface area contributed by atoms with Crippen molar-refractivity contribution in [3.05, 3.63) is 42.2 Å². The van der Waals surface area contributed by atoms with Crippen LogP contribution >= 0.6 is 0 Å². The van der Waals surface area contributed by atoms with Crippen molar-refractivity contribution in [3.8, 4) is 17.2 Å². The first-order chi connectivity index (χ1) is 10.4. The van der Waals surface area contributed by atoms with Gasteiger partial charge in [-0.1, -0.05) is 6.07 Å². The lowest BCUT2D eigenvalue weighted by Gasteiger charge is -2.12. The van der Waals surface area contributed by atoms with Gasteiger partial charge in [0.05, 0.1) is 19.1 Å². The predicted octanol–water partition coefficient (Wildman–Crippen LogP) is 2.35. The summed E-state index contributed by atoms with van der Waals surface area (Å²) in [7, 11) is -1.32. The molecule has 0 amide bonds. The molecule has 2 aromatic carbocycles. The Labute approximate surface area is 127 Å². The molecule has 0 atom stereocenters. The van der Waals surface area contributed by atoms with Crippen LogP contribution in [0.25, 0.3) is 0 Å². The molecule has 8 heteroatoms. The monoisotopic (exact) mass is 327 g/mol. The SMILES string of the molecule is COc1ccc(S(=O)(=O)Nc2c(O)cccc2F)cc1OC. The second-order valence-electron chi connectivity index (χ2n) is 4.26. The quantitative estimate of drug-likeness (QED) is 0.824. The minimum atomic E-state index is -4.10. The largest absolute Gasteiger partial charge is 0.506 e. The molecule has 0 heterocycles. The number of ether oxygens (including phenoxy) is 2. The fourth-order valence-electron chi connectivity index (χ4n) is 1.79. The Morgan fingerprint density at radius 2 is 1.77 bits per heavy atom. The van der Waals surface area contributed by atoms with Gasteiger partial charge in [0.1, 0.15) is 11.4 Å². The van der Waals surface area contributed by atoms with Crippen molar-refractivity contribution in [2.24, 2.45) is 0 Å². The van der Waals surface area contributed by atoms with Crippen molar-refractivity contribution in [3.63, 3.8) is 0 Å². The fraction of sp³-hybridized carbons (Fsp3) is 0.143. The number of halogens is 1. The summed E-state index contributed by atoms with van der Waals surface area (Å²) >= 11 is 0. The van der Waals surface area contributed by atoms with Crippen LogP contribution in [0.2, 0.25) is 0 Å². The number of hydrogen-bond donors (Lipinski definition) is 2. The Kier molecular flexibility index (Phi) is 4.41. The van der Waals surface area contributed by atoms with E-state index in [0.717, 1.165) is 6.07 Å². The van der Waals surface area contributed by atoms with Crippen molar-refractivity contribution >= 4 is 15.7 Å². The summed E-state index contributed by atoms with van der Waals surface area (Å²) in [5.41, 5.74) is -0.516.